The Morgan fingerprint density at radius 1 is 1.17 bits per heavy atom. The summed E-state index contributed by atoms with van der Waals surface area (Å²) in [5.41, 5.74) is 4.63. The Labute approximate surface area is 220 Å². The topological polar surface area (TPSA) is 89.6 Å². The number of rotatable bonds is 8. The second kappa shape index (κ2) is 11.1. The van der Waals surface area contributed by atoms with E-state index in [9.17, 15) is 4.79 Å². The molecule has 2 N–H and O–H groups in total. The van der Waals surface area contributed by atoms with Crippen molar-refractivity contribution < 1.29 is 9.53 Å². The number of carbonyl (C=O) groups excluding carboxylic acids is 1. The maximum absolute atomic E-state index is 12.6. The second-order valence-electron chi connectivity index (χ2n) is 9.53. The minimum Gasteiger partial charge on any atom is -0.380 e. The number of nitrogens with zero attached hydrogens (tertiary/aromatic N) is 5. The molecule has 0 bridgehead atoms. The predicted octanol–water partition coefficient (Wildman–Crippen LogP) is 3.58. The van der Waals surface area contributed by atoms with Gasteiger partial charge < -0.3 is 29.7 Å². The first-order valence-electron chi connectivity index (χ1n) is 12.7. The van der Waals surface area contributed by atoms with Crippen molar-refractivity contribution in [3.8, 4) is 11.4 Å². The van der Waals surface area contributed by atoms with Gasteiger partial charge in [-0.25, -0.2) is 9.97 Å². The first kappa shape index (κ1) is 25.0. The summed E-state index contributed by atoms with van der Waals surface area (Å²) in [5.74, 6) is 0.925. The van der Waals surface area contributed by atoms with Crippen molar-refractivity contribution in [3.05, 3.63) is 34.9 Å². The summed E-state index contributed by atoms with van der Waals surface area (Å²) in [6.07, 6.45) is 4.04. The van der Waals surface area contributed by atoms with Crippen LogP contribution in [0, 0.1) is 0 Å². The zero-order valence-corrected chi connectivity index (χ0v) is 22.6. The molecule has 1 aromatic carbocycles. The van der Waals surface area contributed by atoms with Gasteiger partial charge in [-0.15, -0.1) is 0 Å². The van der Waals surface area contributed by atoms with E-state index >= 15 is 0 Å². The normalized spacial score (nSPS) is 17.8. The highest BCUT2D eigenvalue weighted by Gasteiger charge is 2.24. The van der Waals surface area contributed by atoms with Gasteiger partial charge in [0.05, 0.1) is 23.3 Å². The number of fused-ring (bicyclic) bond motifs is 1. The number of imidazole rings is 1. The lowest BCUT2D eigenvalue weighted by molar-refractivity contribution is -0.131. The van der Waals surface area contributed by atoms with E-state index in [1.54, 1.807) is 0 Å². The molecular weight excluding hydrogens is 522 g/mol. The summed E-state index contributed by atoms with van der Waals surface area (Å²) in [6.45, 7) is 7.99. The van der Waals surface area contributed by atoms with Gasteiger partial charge in [-0.05, 0) is 80.1 Å². The standard InChI is InChI=1S/C26H34BrN7O2/c1-3-36-15-14-33-12-13-34(17-22(33)35)20-6-4-18(5-7-20)25-30-24-23(21(27)16-28-26(24)31-25)29-19-8-10-32(2)11-9-19/h4-7,16,19H,3,8-15,17H2,1-2H3,(H2,28,29,30,31). The average Bonchev–Trinajstić information content (AvgIpc) is 3.33. The lowest BCUT2D eigenvalue weighted by Gasteiger charge is -2.35. The average molecular weight is 557 g/mol. The monoisotopic (exact) mass is 555 g/mol. The van der Waals surface area contributed by atoms with Crippen molar-refractivity contribution >= 4 is 44.4 Å². The van der Waals surface area contributed by atoms with Crippen molar-refractivity contribution in [2.24, 2.45) is 0 Å². The van der Waals surface area contributed by atoms with E-state index in [-0.39, 0.29) is 5.91 Å². The molecule has 0 atom stereocenters. The predicted molar refractivity (Wildman–Crippen MR) is 146 cm³/mol. The van der Waals surface area contributed by atoms with E-state index in [0.29, 0.717) is 38.9 Å². The van der Waals surface area contributed by atoms with Crippen LogP contribution in [0.25, 0.3) is 22.6 Å². The Morgan fingerprint density at radius 2 is 1.94 bits per heavy atom. The number of pyridine rings is 1. The molecule has 0 radical (unpaired) electrons. The number of amides is 1. The number of piperazine rings is 1. The van der Waals surface area contributed by atoms with Crippen LogP contribution in [0.4, 0.5) is 11.4 Å². The SMILES string of the molecule is CCOCCN1CCN(c2ccc(-c3nc4c(NC5CCN(C)CC5)c(Br)cnc4[nH]3)cc2)CC1=O. The highest BCUT2D eigenvalue weighted by Crippen LogP contribution is 2.32. The molecule has 2 saturated heterocycles. The summed E-state index contributed by atoms with van der Waals surface area (Å²) in [7, 11) is 2.17. The highest BCUT2D eigenvalue weighted by molar-refractivity contribution is 9.10. The molecule has 0 aliphatic carbocycles. The van der Waals surface area contributed by atoms with E-state index in [1.807, 2.05) is 18.0 Å². The summed E-state index contributed by atoms with van der Waals surface area (Å²) in [4.78, 5) is 31.8. The number of H-pyrrole nitrogens is 1. The number of piperidine rings is 1. The number of aromatic amines is 1. The van der Waals surface area contributed by atoms with Crippen LogP contribution in [0.15, 0.2) is 34.9 Å². The second-order valence-corrected chi connectivity index (χ2v) is 10.4. The third-order valence-corrected chi connectivity index (χ3v) is 7.67. The van der Waals surface area contributed by atoms with Gasteiger partial charge in [0.1, 0.15) is 11.3 Å². The van der Waals surface area contributed by atoms with Crippen LogP contribution in [-0.4, -0.2) is 96.2 Å². The highest BCUT2D eigenvalue weighted by atomic mass is 79.9. The van der Waals surface area contributed by atoms with Gasteiger partial charge in [0.2, 0.25) is 5.91 Å². The summed E-state index contributed by atoms with van der Waals surface area (Å²) in [5, 5.41) is 3.71. The number of halogens is 1. The number of aromatic nitrogens is 3. The zero-order chi connectivity index (χ0) is 25.1. The Bertz CT molecular complexity index is 1190. The third-order valence-electron chi connectivity index (χ3n) is 7.07. The molecule has 3 aromatic rings. The Kier molecular flexibility index (Phi) is 7.73. The molecule has 9 nitrogen and oxygen atoms in total. The van der Waals surface area contributed by atoms with E-state index < -0.39 is 0 Å². The van der Waals surface area contributed by atoms with Crippen molar-refractivity contribution in [1.29, 1.82) is 0 Å². The first-order chi connectivity index (χ1) is 17.5. The molecule has 192 valence electrons. The van der Waals surface area contributed by atoms with Crippen LogP contribution >= 0.6 is 15.9 Å². The van der Waals surface area contributed by atoms with E-state index in [0.717, 1.165) is 70.9 Å². The van der Waals surface area contributed by atoms with Crippen molar-refractivity contribution in [3.63, 3.8) is 0 Å². The van der Waals surface area contributed by atoms with E-state index in [1.165, 1.54) is 0 Å². The Balaban J connectivity index is 1.29. The van der Waals surface area contributed by atoms with Gasteiger partial charge in [-0.2, -0.15) is 0 Å². The van der Waals surface area contributed by atoms with Gasteiger partial charge in [0, 0.05) is 49.7 Å². The smallest absolute Gasteiger partial charge is 0.242 e. The molecular formula is C26H34BrN7O2. The van der Waals surface area contributed by atoms with E-state index in [4.69, 9.17) is 9.72 Å². The molecule has 2 aliphatic rings. The molecule has 2 fully saturated rings. The third kappa shape index (κ3) is 5.50. The Morgan fingerprint density at radius 3 is 2.67 bits per heavy atom. The van der Waals surface area contributed by atoms with Crippen molar-refractivity contribution in [2.45, 2.75) is 25.8 Å². The summed E-state index contributed by atoms with van der Waals surface area (Å²) in [6, 6.07) is 8.65. The maximum Gasteiger partial charge on any atom is 0.242 e. The lowest BCUT2D eigenvalue weighted by Crippen LogP contribution is -2.51. The van der Waals surface area contributed by atoms with Crippen LogP contribution in [0.3, 0.4) is 0 Å². The van der Waals surface area contributed by atoms with Crippen LogP contribution in [0.2, 0.25) is 0 Å². The minimum absolute atomic E-state index is 0.142. The van der Waals surface area contributed by atoms with E-state index in [2.05, 4.69) is 72.3 Å². The lowest BCUT2D eigenvalue weighted by atomic mass is 10.1. The van der Waals surface area contributed by atoms with Gasteiger partial charge >= 0.3 is 0 Å². The first-order valence-corrected chi connectivity index (χ1v) is 13.5. The largest absolute Gasteiger partial charge is 0.380 e. The molecule has 1 amide bonds. The zero-order valence-electron chi connectivity index (χ0n) is 21.0. The quantitative estimate of drug-likeness (QED) is 0.410. The Hall–Kier alpha value is -2.69. The fraction of sp³-hybridized carbons (Fsp3) is 0.500. The fourth-order valence-corrected chi connectivity index (χ4v) is 5.28. The molecule has 4 heterocycles. The van der Waals surface area contributed by atoms with Crippen LogP contribution < -0.4 is 10.2 Å². The number of carbonyl (C=O) groups is 1. The summed E-state index contributed by atoms with van der Waals surface area (Å²) < 4.78 is 6.32. The maximum atomic E-state index is 12.6. The number of hydrogen-bond donors (Lipinski definition) is 2. The van der Waals surface area contributed by atoms with Gasteiger partial charge in [0.15, 0.2) is 5.65 Å². The molecule has 36 heavy (non-hydrogen) atoms. The summed E-state index contributed by atoms with van der Waals surface area (Å²) >= 11 is 3.67. The number of nitrogens with one attached hydrogen (secondary N) is 2. The van der Waals surface area contributed by atoms with Crippen LogP contribution in [0.1, 0.15) is 19.8 Å². The molecule has 0 spiro atoms. The van der Waals surface area contributed by atoms with Gasteiger partial charge in [-0.1, -0.05) is 0 Å². The molecule has 2 aliphatic heterocycles. The van der Waals surface area contributed by atoms with Crippen molar-refractivity contribution in [2.75, 3.05) is 69.7 Å². The van der Waals surface area contributed by atoms with Gasteiger partial charge in [-0.3, -0.25) is 4.79 Å². The number of likely N-dealkylation sites (tertiary alicyclic amines) is 1. The molecule has 10 heteroatoms. The number of hydrogen-bond acceptors (Lipinski definition) is 7. The fourth-order valence-electron chi connectivity index (χ4n) is 4.88. The molecule has 0 saturated carbocycles. The molecule has 5 rings (SSSR count). The molecule has 2 aromatic heterocycles. The van der Waals surface area contributed by atoms with Gasteiger partial charge in [0.25, 0.3) is 0 Å². The van der Waals surface area contributed by atoms with Crippen LogP contribution in [0.5, 0.6) is 0 Å². The number of benzene rings is 1. The van der Waals surface area contributed by atoms with Crippen molar-refractivity contribution in [1.82, 2.24) is 24.8 Å². The number of anilines is 2. The number of ether oxygens (including phenoxy) is 1. The van der Waals surface area contributed by atoms with Crippen LogP contribution in [-0.2, 0) is 9.53 Å². The minimum atomic E-state index is 0.142. The molecule has 0 unspecified atom stereocenters.